The Labute approximate surface area is 136 Å². The van der Waals surface area contributed by atoms with E-state index in [0.29, 0.717) is 10.6 Å². The zero-order valence-electron chi connectivity index (χ0n) is 10.8. The van der Waals surface area contributed by atoms with Gasteiger partial charge in [0.25, 0.3) is 0 Å². The summed E-state index contributed by atoms with van der Waals surface area (Å²) in [6.45, 7) is 3.76. The molecule has 0 N–H and O–H groups in total. The van der Waals surface area contributed by atoms with Crippen molar-refractivity contribution >= 4 is 51.9 Å². The van der Waals surface area contributed by atoms with Crippen LogP contribution in [0.15, 0.2) is 18.2 Å². The number of benzene rings is 1. The van der Waals surface area contributed by atoms with Crippen LogP contribution in [0.1, 0.15) is 20.1 Å². The second-order valence-corrected chi connectivity index (χ2v) is 6.95. The van der Waals surface area contributed by atoms with Crippen molar-refractivity contribution in [2.24, 2.45) is 0 Å². The highest BCUT2D eigenvalue weighted by molar-refractivity contribution is 7.12. The van der Waals surface area contributed by atoms with Crippen LogP contribution in [-0.4, -0.2) is 12.4 Å². The number of aryl methyl sites for hydroxylation is 2. The van der Waals surface area contributed by atoms with Crippen LogP contribution in [0.4, 0.5) is 0 Å². The SMILES string of the molecule is Cc1cc(C(=O)COc2c(Cl)cc(Cl)cc2Cl)c(C)s1. The highest BCUT2D eigenvalue weighted by Gasteiger charge is 2.15. The topological polar surface area (TPSA) is 26.3 Å². The molecule has 0 amide bonds. The van der Waals surface area contributed by atoms with Crippen LogP contribution >= 0.6 is 46.1 Å². The van der Waals surface area contributed by atoms with E-state index in [1.165, 1.54) is 12.1 Å². The van der Waals surface area contributed by atoms with E-state index in [-0.39, 0.29) is 28.2 Å². The lowest BCUT2D eigenvalue weighted by atomic mass is 10.2. The second-order valence-electron chi connectivity index (χ2n) is 4.24. The molecule has 2 rings (SSSR count). The van der Waals surface area contributed by atoms with Crippen molar-refractivity contribution < 1.29 is 9.53 Å². The Hall–Kier alpha value is -0.740. The maximum atomic E-state index is 12.1. The molecule has 2 aromatic rings. The predicted octanol–water partition coefficient (Wildman–Crippen LogP) is 5.59. The fourth-order valence-electron chi connectivity index (χ4n) is 1.79. The predicted molar refractivity (Wildman–Crippen MR) is 85.1 cm³/mol. The Morgan fingerprint density at radius 2 is 1.75 bits per heavy atom. The number of carbonyl (C=O) groups excluding carboxylic acids is 1. The van der Waals surface area contributed by atoms with Crippen molar-refractivity contribution in [3.8, 4) is 5.75 Å². The van der Waals surface area contributed by atoms with Crippen LogP contribution < -0.4 is 4.74 Å². The van der Waals surface area contributed by atoms with Gasteiger partial charge in [0.15, 0.2) is 12.4 Å². The summed E-state index contributed by atoms with van der Waals surface area (Å²) in [6.07, 6.45) is 0. The summed E-state index contributed by atoms with van der Waals surface area (Å²) in [5, 5.41) is 0.991. The Bertz CT molecular complexity index is 641. The first kappa shape index (κ1) is 15.6. The fraction of sp³-hybridized carbons (Fsp3) is 0.214. The summed E-state index contributed by atoms with van der Waals surface area (Å²) in [6, 6.07) is 4.90. The van der Waals surface area contributed by atoms with E-state index in [1.54, 1.807) is 11.3 Å². The molecule has 0 bridgehead atoms. The summed E-state index contributed by atoms with van der Waals surface area (Å²) in [5.41, 5.74) is 0.675. The molecule has 1 heterocycles. The van der Waals surface area contributed by atoms with Crippen molar-refractivity contribution in [3.63, 3.8) is 0 Å². The zero-order chi connectivity index (χ0) is 14.9. The Balaban J connectivity index is 2.13. The van der Waals surface area contributed by atoms with Gasteiger partial charge >= 0.3 is 0 Å². The molecule has 2 nitrogen and oxygen atoms in total. The molecular weight excluding hydrogens is 339 g/mol. The van der Waals surface area contributed by atoms with Gasteiger partial charge in [-0.15, -0.1) is 11.3 Å². The van der Waals surface area contributed by atoms with E-state index in [0.717, 1.165) is 9.75 Å². The average molecular weight is 350 g/mol. The van der Waals surface area contributed by atoms with Gasteiger partial charge in [0.2, 0.25) is 5.78 Å². The Kier molecular flexibility index (Phi) is 4.97. The summed E-state index contributed by atoms with van der Waals surface area (Å²) in [7, 11) is 0. The highest BCUT2D eigenvalue weighted by atomic mass is 35.5. The monoisotopic (exact) mass is 348 g/mol. The molecule has 1 aromatic carbocycles. The number of ketones is 1. The van der Waals surface area contributed by atoms with Gasteiger partial charge in [-0.05, 0) is 32.0 Å². The minimum absolute atomic E-state index is 0.103. The Morgan fingerprint density at radius 3 is 2.25 bits per heavy atom. The standard InChI is InChI=1S/C14H11Cl3O2S/c1-7-3-10(8(2)20-7)13(18)6-19-14-11(16)4-9(15)5-12(14)17/h3-5H,6H2,1-2H3. The van der Waals surface area contributed by atoms with Gasteiger partial charge in [-0.2, -0.15) is 0 Å². The molecule has 6 heteroatoms. The third kappa shape index (κ3) is 3.47. The first-order valence-electron chi connectivity index (χ1n) is 5.76. The van der Waals surface area contributed by atoms with Crippen molar-refractivity contribution in [2.45, 2.75) is 13.8 Å². The van der Waals surface area contributed by atoms with Gasteiger partial charge in [0.05, 0.1) is 10.0 Å². The summed E-state index contributed by atoms with van der Waals surface area (Å²) < 4.78 is 5.44. The van der Waals surface area contributed by atoms with Crippen molar-refractivity contribution in [1.29, 1.82) is 0 Å². The molecule has 106 valence electrons. The lowest BCUT2D eigenvalue weighted by molar-refractivity contribution is 0.0921. The van der Waals surface area contributed by atoms with Gasteiger partial charge in [-0.3, -0.25) is 4.79 Å². The van der Waals surface area contributed by atoms with E-state index in [9.17, 15) is 4.79 Å². The molecule has 0 saturated heterocycles. The van der Waals surface area contributed by atoms with E-state index < -0.39 is 0 Å². The molecule has 0 unspecified atom stereocenters. The van der Waals surface area contributed by atoms with E-state index >= 15 is 0 Å². The first-order chi connectivity index (χ1) is 9.38. The first-order valence-corrected chi connectivity index (χ1v) is 7.71. The average Bonchev–Trinajstić information content (AvgIpc) is 2.66. The number of rotatable bonds is 4. The molecule has 20 heavy (non-hydrogen) atoms. The van der Waals surface area contributed by atoms with Gasteiger partial charge in [0, 0.05) is 20.3 Å². The highest BCUT2D eigenvalue weighted by Crippen LogP contribution is 2.36. The number of halogens is 3. The molecular formula is C14H11Cl3O2S. The van der Waals surface area contributed by atoms with Gasteiger partial charge in [0.1, 0.15) is 0 Å². The third-order valence-electron chi connectivity index (χ3n) is 2.65. The fourth-order valence-corrected chi connectivity index (χ4v) is 3.66. The largest absolute Gasteiger partial charge is 0.482 e. The minimum atomic E-state index is -0.113. The lowest BCUT2D eigenvalue weighted by Crippen LogP contribution is -2.12. The zero-order valence-corrected chi connectivity index (χ0v) is 13.9. The quantitative estimate of drug-likeness (QED) is 0.673. The third-order valence-corrected chi connectivity index (χ3v) is 4.40. The van der Waals surface area contributed by atoms with E-state index in [2.05, 4.69) is 0 Å². The molecule has 0 radical (unpaired) electrons. The molecule has 0 aliphatic rings. The van der Waals surface area contributed by atoms with Crippen LogP contribution in [-0.2, 0) is 0 Å². The van der Waals surface area contributed by atoms with Crippen molar-refractivity contribution in [1.82, 2.24) is 0 Å². The minimum Gasteiger partial charge on any atom is -0.482 e. The maximum Gasteiger partial charge on any atom is 0.201 e. The molecule has 0 aliphatic carbocycles. The number of hydrogen-bond donors (Lipinski definition) is 0. The second kappa shape index (κ2) is 6.35. The lowest BCUT2D eigenvalue weighted by Gasteiger charge is -2.09. The molecule has 0 atom stereocenters. The number of ether oxygens (including phenoxy) is 1. The van der Waals surface area contributed by atoms with Crippen LogP contribution in [0.2, 0.25) is 15.1 Å². The normalized spacial score (nSPS) is 10.7. The number of Topliss-reactive ketones (excluding diaryl/α,β-unsaturated/α-hetero) is 1. The maximum absolute atomic E-state index is 12.1. The van der Waals surface area contributed by atoms with Gasteiger partial charge in [-0.25, -0.2) is 0 Å². The summed E-state index contributed by atoms with van der Waals surface area (Å²) in [5.74, 6) is 0.171. The molecule has 0 saturated carbocycles. The molecule has 0 aliphatic heterocycles. The van der Waals surface area contributed by atoms with Gasteiger partial charge < -0.3 is 4.74 Å². The molecule has 0 fully saturated rings. The number of carbonyl (C=O) groups is 1. The molecule has 0 spiro atoms. The van der Waals surface area contributed by atoms with Crippen molar-refractivity contribution in [2.75, 3.05) is 6.61 Å². The van der Waals surface area contributed by atoms with Crippen LogP contribution in [0.5, 0.6) is 5.75 Å². The van der Waals surface area contributed by atoms with E-state index in [1.807, 2.05) is 19.9 Å². The van der Waals surface area contributed by atoms with E-state index in [4.69, 9.17) is 39.5 Å². The summed E-state index contributed by atoms with van der Waals surface area (Å²) in [4.78, 5) is 14.2. The Morgan fingerprint density at radius 1 is 1.15 bits per heavy atom. The number of thiophene rings is 1. The summed E-state index contributed by atoms with van der Waals surface area (Å²) >= 11 is 19.4. The van der Waals surface area contributed by atoms with Crippen LogP contribution in [0, 0.1) is 13.8 Å². The van der Waals surface area contributed by atoms with Gasteiger partial charge in [-0.1, -0.05) is 34.8 Å². The van der Waals surface area contributed by atoms with Crippen LogP contribution in [0.3, 0.4) is 0 Å². The smallest absolute Gasteiger partial charge is 0.201 e. The molecule has 1 aromatic heterocycles. The van der Waals surface area contributed by atoms with Crippen molar-refractivity contribution in [3.05, 3.63) is 48.6 Å². The number of hydrogen-bond acceptors (Lipinski definition) is 3. The van der Waals surface area contributed by atoms with Crippen LogP contribution in [0.25, 0.3) is 0 Å².